The highest BCUT2D eigenvalue weighted by Gasteiger charge is 2.14. The van der Waals surface area contributed by atoms with Crippen LogP contribution >= 0.6 is 34.3 Å². The molecular formula is C14H13ClN2O4S2. The molecule has 0 saturated heterocycles. The van der Waals surface area contributed by atoms with E-state index in [-0.39, 0.29) is 0 Å². The number of carbonyl (C=O) groups is 3. The Morgan fingerprint density at radius 2 is 2.04 bits per heavy atom. The third-order valence-corrected chi connectivity index (χ3v) is 4.75. The summed E-state index contributed by atoms with van der Waals surface area (Å²) in [5.74, 6) is -1.36. The highest BCUT2D eigenvalue weighted by Crippen LogP contribution is 2.21. The minimum absolute atomic E-state index is 0.295. The number of imide groups is 1. The number of esters is 1. The quantitative estimate of drug-likeness (QED) is 0.763. The molecule has 9 heteroatoms. The van der Waals surface area contributed by atoms with E-state index in [9.17, 15) is 14.4 Å². The van der Waals surface area contributed by atoms with E-state index in [0.717, 1.165) is 16.2 Å². The zero-order valence-corrected chi connectivity index (χ0v) is 14.2. The third kappa shape index (κ3) is 6.01. The summed E-state index contributed by atoms with van der Waals surface area (Å²) >= 11 is 8.35. The molecule has 2 aromatic heterocycles. The van der Waals surface area contributed by atoms with E-state index in [1.54, 1.807) is 17.4 Å². The van der Waals surface area contributed by atoms with Crippen molar-refractivity contribution in [2.24, 2.45) is 0 Å². The number of rotatable bonds is 6. The van der Waals surface area contributed by atoms with Gasteiger partial charge < -0.3 is 10.1 Å². The number of ether oxygens (including phenoxy) is 1. The Labute approximate surface area is 145 Å². The molecule has 0 aliphatic heterocycles. The van der Waals surface area contributed by atoms with E-state index in [1.807, 2.05) is 17.5 Å². The molecule has 0 aromatic carbocycles. The monoisotopic (exact) mass is 372 g/mol. The average molecular weight is 373 g/mol. The average Bonchev–Trinajstić information content (AvgIpc) is 3.16. The fourth-order valence-electron chi connectivity index (χ4n) is 1.59. The first-order chi connectivity index (χ1) is 11.0. The third-order valence-electron chi connectivity index (χ3n) is 2.60. The first-order valence-corrected chi connectivity index (χ1v) is 8.64. The van der Waals surface area contributed by atoms with Gasteiger partial charge in [0.05, 0.1) is 4.34 Å². The van der Waals surface area contributed by atoms with Gasteiger partial charge in [0, 0.05) is 11.4 Å². The van der Waals surface area contributed by atoms with Crippen LogP contribution in [0.15, 0.2) is 29.6 Å². The molecule has 0 bridgehead atoms. The molecular weight excluding hydrogens is 360 g/mol. The van der Waals surface area contributed by atoms with Crippen molar-refractivity contribution < 1.29 is 19.1 Å². The summed E-state index contributed by atoms with van der Waals surface area (Å²) in [4.78, 5) is 36.1. The SMILES string of the molecule is O=C(COC(=O)c1ccc(Cl)s1)NC(=O)NCCc1cccs1. The second-order valence-corrected chi connectivity index (χ2v) is 7.06. The molecule has 122 valence electrons. The Balaban J connectivity index is 1.63. The van der Waals surface area contributed by atoms with Gasteiger partial charge in [0.25, 0.3) is 5.91 Å². The van der Waals surface area contributed by atoms with Crippen molar-refractivity contribution in [3.8, 4) is 0 Å². The summed E-state index contributed by atoms with van der Waals surface area (Å²) in [6.45, 7) is -0.125. The zero-order chi connectivity index (χ0) is 16.7. The van der Waals surface area contributed by atoms with Crippen LogP contribution in [0.3, 0.4) is 0 Å². The lowest BCUT2D eigenvalue weighted by atomic mass is 10.3. The fraction of sp³-hybridized carbons (Fsp3) is 0.214. The molecule has 0 fully saturated rings. The van der Waals surface area contributed by atoms with Crippen molar-refractivity contribution >= 4 is 52.2 Å². The number of halogens is 1. The summed E-state index contributed by atoms with van der Waals surface area (Å²) in [6, 6.07) is 6.33. The Morgan fingerprint density at radius 3 is 2.70 bits per heavy atom. The largest absolute Gasteiger partial charge is 0.451 e. The van der Waals surface area contributed by atoms with E-state index in [4.69, 9.17) is 16.3 Å². The zero-order valence-electron chi connectivity index (χ0n) is 11.8. The number of nitrogens with one attached hydrogen (secondary N) is 2. The van der Waals surface area contributed by atoms with Crippen LogP contribution in [-0.4, -0.2) is 31.1 Å². The van der Waals surface area contributed by atoms with Crippen LogP contribution in [0.2, 0.25) is 4.34 Å². The first kappa shape index (κ1) is 17.5. The van der Waals surface area contributed by atoms with Crippen molar-refractivity contribution in [3.63, 3.8) is 0 Å². The lowest BCUT2D eigenvalue weighted by Gasteiger charge is -2.06. The molecule has 2 rings (SSSR count). The summed E-state index contributed by atoms with van der Waals surface area (Å²) < 4.78 is 5.24. The maximum atomic E-state index is 11.6. The van der Waals surface area contributed by atoms with Crippen LogP contribution in [-0.2, 0) is 16.0 Å². The Kier molecular flexibility index (Phi) is 6.57. The molecule has 23 heavy (non-hydrogen) atoms. The minimum atomic E-state index is -0.699. The Hall–Kier alpha value is -1.90. The van der Waals surface area contributed by atoms with Gasteiger partial charge in [0.15, 0.2) is 6.61 Å². The number of thiophene rings is 2. The molecule has 6 nitrogen and oxygen atoms in total. The highest BCUT2D eigenvalue weighted by atomic mass is 35.5. The van der Waals surface area contributed by atoms with E-state index in [2.05, 4.69) is 10.6 Å². The van der Waals surface area contributed by atoms with Crippen LogP contribution in [0.4, 0.5) is 4.79 Å². The number of hydrogen-bond acceptors (Lipinski definition) is 6. The van der Waals surface area contributed by atoms with Gasteiger partial charge in [-0.05, 0) is 30.0 Å². The van der Waals surface area contributed by atoms with E-state index < -0.39 is 24.5 Å². The van der Waals surface area contributed by atoms with Gasteiger partial charge >= 0.3 is 12.0 Å². The summed E-state index contributed by atoms with van der Waals surface area (Å²) in [5, 5.41) is 6.59. The van der Waals surface area contributed by atoms with Gasteiger partial charge in [0.1, 0.15) is 4.88 Å². The van der Waals surface area contributed by atoms with Gasteiger partial charge in [-0.3, -0.25) is 10.1 Å². The Bertz CT molecular complexity index is 685. The molecule has 0 saturated carbocycles. The first-order valence-electron chi connectivity index (χ1n) is 6.57. The second-order valence-electron chi connectivity index (χ2n) is 4.31. The van der Waals surface area contributed by atoms with E-state index >= 15 is 0 Å². The molecule has 3 amide bonds. The van der Waals surface area contributed by atoms with Crippen LogP contribution in [0.1, 0.15) is 14.5 Å². The van der Waals surface area contributed by atoms with Crippen LogP contribution in [0.25, 0.3) is 0 Å². The number of hydrogen-bond donors (Lipinski definition) is 2. The topological polar surface area (TPSA) is 84.5 Å². The van der Waals surface area contributed by atoms with Gasteiger partial charge in [-0.2, -0.15) is 0 Å². The van der Waals surface area contributed by atoms with Gasteiger partial charge in [0.2, 0.25) is 0 Å². The van der Waals surface area contributed by atoms with Gasteiger partial charge in [-0.1, -0.05) is 17.7 Å². The van der Waals surface area contributed by atoms with Crippen molar-refractivity contribution in [2.75, 3.05) is 13.2 Å². The lowest BCUT2D eigenvalue weighted by Crippen LogP contribution is -2.42. The van der Waals surface area contributed by atoms with Crippen LogP contribution in [0.5, 0.6) is 0 Å². The summed E-state index contributed by atoms with van der Waals surface area (Å²) in [7, 11) is 0. The number of amides is 3. The van der Waals surface area contributed by atoms with Gasteiger partial charge in [-0.25, -0.2) is 9.59 Å². The van der Waals surface area contributed by atoms with Crippen molar-refractivity contribution in [1.29, 1.82) is 0 Å². The molecule has 2 heterocycles. The number of urea groups is 1. The van der Waals surface area contributed by atoms with Gasteiger partial charge in [-0.15, -0.1) is 22.7 Å². The smallest absolute Gasteiger partial charge is 0.348 e. The van der Waals surface area contributed by atoms with E-state index in [1.165, 1.54) is 6.07 Å². The molecule has 0 radical (unpaired) electrons. The molecule has 0 unspecified atom stereocenters. The predicted octanol–water partition coefficient (Wildman–Crippen LogP) is 2.69. The molecule has 2 aromatic rings. The highest BCUT2D eigenvalue weighted by molar-refractivity contribution is 7.17. The molecule has 0 aliphatic rings. The molecule has 2 N–H and O–H groups in total. The fourth-order valence-corrected chi connectivity index (χ4v) is 3.23. The van der Waals surface area contributed by atoms with E-state index in [0.29, 0.717) is 22.2 Å². The molecule has 0 atom stereocenters. The number of carbonyl (C=O) groups excluding carboxylic acids is 3. The maximum absolute atomic E-state index is 11.6. The molecule has 0 spiro atoms. The van der Waals surface area contributed by atoms with Crippen LogP contribution < -0.4 is 10.6 Å². The lowest BCUT2D eigenvalue weighted by molar-refractivity contribution is -0.123. The van der Waals surface area contributed by atoms with Crippen LogP contribution in [0, 0.1) is 0 Å². The predicted molar refractivity (Wildman–Crippen MR) is 89.2 cm³/mol. The summed E-state index contributed by atoms with van der Waals surface area (Å²) in [6.07, 6.45) is 0.688. The molecule has 0 aliphatic carbocycles. The van der Waals surface area contributed by atoms with Crippen molar-refractivity contribution in [2.45, 2.75) is 6.42 Å². The standard InChI is InChI=1S/C14H13ClN2O4S2/c15-11-4-3-10(23-11)13(19)21-8-12(18)17-14(20)16-6-5-9-2-1-7-22-9/h1-4,7H,5-6,8H2,(H2,16,17,18,20). The maximum Gasteiger partial charge on any atom is 0.348 e. The Morgan fingerprint density at radius 1 is 1.22 bits per heavy atom. The summed E-state index contributed by atoms with van der Waals surface area (Å²) in [5.41, 5.74) is 0. The minimum Gasteiger partial charge on any atom is -0.451 e. The van der Waals surface area contributed by atoms with Crippen molar-refractivity contribution in [3.05, 3.63) is 43.7 Å². The normalized spacial score (nSPS) is 10.1. The second kappa shape index (κ2) is 8.66. The van der Waals surface area contributed by atoms with Crippen molar-refractivity contribution in [1.82, 2.24) is 10.6 Å².